The maximum atomic E-state index is 10.9. The second-order valence-electron chi connectivity index (χ2n) is 1.92. The van der Waals surface area contributed by atoms with Crippen molar-refractivity contribution in [2.24, 2.45) is 5.22 Å². The van der Waals surface area contributed by atoms with E-state index in [1.54, 1.807) is 24.3 Å². The molecule has 0 radical (unpaired) electrons. The minimum Gasteiger partial charge on any atom is -0.267 e. The Bertz CT molecular complexity index is 258. The van der Waals surface area contributed by atoms with Crippen molar-refractivity contribution < 1.29 is 4.79 Å². The van der Waals surface area contributed by atoms with Crippen molar-refractivity contribution >= 4 is 5.91 Å². The monoisotopic (exact) mass is 149 g/mol. The molecule has 1 aromatic carbocycles. The molecule has 2 N–H and O–H groups in total. The summed E-state index contributed by atoms with van der Waals surface area (Å²) in [7, 11) is 0. The van der Waals surface area contributed by atoms with Crippen LogP contribution in [0.3, 0.4) is 0 Å². The first-order chi connectivity index (χ1) is 5.34. The van der Waals surface area contributed by atoms with Gasteiger partial charge in [-0.25, -0.2) is 5.43 Å². The third-order valence-electron chi connectivity index (χ3n) is 1.19. The van der Waals surface area contributed by atoms with E-state index in [1.165, 1.54) is 0 Å². The van der Waals surface area contributed by atoms with Crippen LogP contribution in [-0.4, -0.2) is 5.91 Å². The van der Waals surface area contributed by atoms with Crippen molar-refractivity contribution in [1.82, 2.24) is 5.43 Å². The molecule has 0 unspecified atom stereocenters. The number of nitrogens with zero attached hydrogens (tertiary/aromatic N) is 1. The summed E-state index contributed by atoms with van der Waals surface area (Å²) in [5.74, 6) is -0.361. The zero-order valence-electron chi connectivity index (χ0n) is 5.74. The van der Waals surface area contributed by atoms with Crippen LogP contribution in [0.4, 0.5) is 0 Å². The van der Waals surface area contributed by atoms with E-state index in [1.807, 2.05) is 11.5 Å². The van der Waals surface area contributed by atoms with Crippen LogP contribution in [0.15, 0.2) is 35.6 Å². The molecule has 0 bridgehead atoms. The summed E-state index contributed by atoms with van der Waals surface area (Å²) in [6.07, 6.45) is 0. The predicted octanol–water partition coefficient (Wildman–Crippen LogP) is 1.36. The fraction of sp³-hybridized carbons (Fsp3) is 0. The van der Waals surface area contributed by atoms with Crippen LogP contribution in [0, 0.1) is 5.53 Å². The van der Waals surface area contributed by atoms with Gasteiger partial charge in [-0.15, -0.1) is 0 Å². The maximum absolute atomic E-state index is 10.9. The van der Waals surface area contributed by atoms with E-state index < -0.39 is 0 Å². The Morgan fingerprint density at radius 3 is 2.55 bits per heavy atom. The molecule has 0 aromatic heterocycles. The van der Waals surface area contributed by atoms with Crippen molar-refractivity contribution in [2.75, 3.05) is 0 Å². The van der Waals surface area contributed by atoms with E-state index >= 15 is 0 Å². The third kappa shape index (κ3) is 1.86. The molecule has 0 spiro atoms. The van der Waals surface area contributed by atoms with Gasteiger partial charge in [-0.3, -0.25) is 4.79 Å². The highest BCUT2D eigenvalue weighted by atomic mass is 16.2. The minimum absolute atomic E-state index is 0.361. The summed E-state index contributed by atoms with van der Waals surface area (Å²) in [5, 5.41) is 2.76. The van der Waals surface area contributed by atoms with E-state index in [2.05, 4.69) is 5.22 Å². The number of benzene rings is 1. The lowest BCUT2D eigenvalue weighted by molar-refractivity contribution is 0.0950. The molecule has 0 saturated carbocycles. The molecule has 1 amide bonds. The molecule has 0 aliphatic heterocycles. The fourth-order valence-corrected chi connectivity index (χ4v) is 0.705. The summed E-state index contributed by atoms with van der Waals surface area (Å²) in [6.45, 7) is 0. The Labute approximate surface area is 63.7 Å². The molecule has 56 valence electrons. The molecule has 0 heterocycles. The molecule has 4 heteroatoms. The Morgan fingerprint density at radius 2 is 2.00 bits per heavy atom. The van der Waals surface area contributed by atoms with Gasteiger partial charge in [0.1, 0.15) is 0 Å². The number of carbonyl (C=O) groups excluding carboxylic acids is 1. The van der Waals surface area contributed by atoms with Crippen molar-refractivity contribution in [3.63, 3.8) is 0 Å². The second-order valence-corrected chi connectivity index (χ2v) is 1.92. The third-order valence-corrected chi connectivity index (χ3v) is 1.19. The van der Waals surface area contributed by atoms with Crippen molar-refractivity contribution in [2.45, 2.75) is 0 Å². The van der Waals surface area contributed by atoms with E-state index in [0.29, 0.717) is 5.56 Å². The number of carbonyl (C=O) groups is 1. The van der Waals surface area contributed by atoms with Crippen LogP contribution >= 0.6 is 0 Å². The number of hydrogen-bond acceptors (Lipinski definition) is 3. The van der Waals surface area contributed by atoms with Crippen molar-refractivity contribution in [3.05, 3.63) is 35.9 Å². The average Bonchev–Trinajstić information content (AvgIpc) is 2.07. The van der Waals surface area contributed by atoms with Gasteiger partial charge < -0.3 is 0 Å². The van der Waals surface area contributed by atoms with Crippen LogP contribution in [0.5, 0.6) is 0 Å². The molecule has 1 rings (SSSR count). The molecule has 4 nitrogen and oxygen atoms in total. The van der Waals surface area contributed by atoms with E-state index in [0.717, 1.165) is 0 Å². The number of nitrogens with one attached hydrogen (secondary N) is 2. The first-order valence-corrected chi connectivity index (χ1v) is 3.06. The second kappa shape index (κ2) is 3.46. The molecule has 0 fully saturated rings. The zero-order valence-corrected chi connectivity index (χ0v) is 5.74. The van der Waals surface area contributed by atoms with Crippen LogP contribution in [0.2, 0.25) is 0 Å². The normalized spacial score (nSPS) is 8.73. The van der Waals surface area contributed by atoms with Crippen LogP contribution in [0.25, 0.3) is 0 Å². The van der Waals surface area contributed by atoms with E-state index in [4.69, 9.17) is 5.53 Å². The number of amides is 1. The van der Waals surface area contributed by atoms with E-state index in [-0.39, 0.29) is 5.91 Å². The van der Waals surface area contributed by atoms with Gasteiger partial charge in [0.05, 0.1) is 0 Å². The molecule has 1 aromatic rings. The Hall–Kier alpha value is -1.71. The standard InChI is InChI=1S/C7H7N3O/c8-10-9-7(11)6-4-2-1-3-5-6/h1-5H,(H2,8,9,11). The Kier molecular flexibility index (Phi) is 2.32. The average molecular weight is 149 g/mol. The summed E-state index contributed by atoms with van der Waals surface area (Å²) in [5.41, 5.74) is 8.89. The summed E-state index contributed by atoms with van der Waals surface area (Å²) >= 11 is 0. The highest BCUT2D eigenvalue weighted by Crippen LogP contribution is 1.96. The molecule has 11 heavy (non-hydrogen) atoms. The van der Waals surface area contributed by atoms with Gasteiger partial charge in [0.25, 0.3) is 5.91 Å². The summed E-state index contributed by atoms with van der Waals surface area (Å²) in [6, 6.07) is 8.62. The largest absolute Gasteiger partial charge is 0.272 e. The van der Waals surface area contributed by atoms with Crippen molar-refractivity contribution in [3.8, 4) is 0 Å². The molecule has 0 aliphatic carbocycles. The fourth-order valence-electron chi connectivity index (χ4n) is 0.705. The molecular formula is C7H7N3O. The molecule has 0 aliphatic rings. The lowest BCUT2D eigenvalue weighted by Crippen LogP contribution is -2.15. The topological polar surface area (TPSA) is 65.3 Å². The van der Waals surface area contributed by atoms with Crippen LogP contribution in [0.1, 0.15) is 10.4 Å². The van der Waals surface area contributed by atoms with Gasteiger partial charge in [0, 0.05) is 5.56 Å². The smallest absolute Gasteiger partial charge is 0.267 e. The van der Waals surface area contributed by atoms with Gasteiger partial charge >= 0.3 is 0 Å². The van der Waals surface area contributed by atoms with Gasteiger partial charge in [0.2, 0.25) is 0 Å². The van der Waals surface area contributed by atoms with Gasteiger partial charge in [-0.05, 0) is 12.1 Å². The van der Waals surface area contributed by atoms with Gasteiger partial charge in [0.15, 0.2) is 0 Å². The Balaban J connectivity index is 2.77. The highest BCUT2D eigenvalue weighted by molar-refractivity contribution is 5.93. The summed E-state index contributed by atoms with van der Waals surface area (Å²) < 4.78 is 0. The van der Waals surface area contributed by atoms with Crippen LogP contribution in [-0.2, 0) is 0 Å². The first kappa shape index (κ1) is 7.40. The van der Waals surface area contributed by atoms with Crippen LogP contribution < -0.4 is 5.43 Å². The van der Waals surface area contributed by atoms with Crippen molar-refractivity contribution in [1.29, 1.82) is 5.53 Å². The van der Waals surface area contributed by atoms with E-state index in [9.17, 15) is 4.79 Å². The quantitative estimate of drug-likeness (QED) is 0.484. The first-order valence-electron chi connectivity index (χ1n) is 3.06. The minimum atomic E-state index is -0.361. The Morgan fingerprint density at radius 1 is 1.36 bits per heavy atom. The maximum Gasteiger partial charge on any atom is 0.272 e. The zero-order chi connectivity index (χ0) is 8.10. The SMILES string of the molecule is N=NNC(=O)c1ccccc1. The number of hydrogen-bond donors (Lipinski definition) is 2. The molecule has 0 atom stereocenters. The summed E-state index contributed by atoms with van der Waals surface area (Å²) in [4.78, 5) is 10.9. The molecular weight excluding hydrogens is 142 g/mol. The van der Waals surface area contributed by atoms with Gasteiger partial charge in [-0.1, -0.05) is 23.4 Å². The predicted molar refractivity (Wildman–Crippen MR) is 39.1 cm³/mol. The lowest BCUT2D eigenvalue weighted by Gasteiger charge is -1.95. The van der Waals surface area contributed by atoms with Gasteiger partial charge in [-0.2, -0.15) is 5.53 Å². The number of rotatable bonds is 2. The highest BCUT2D eigenvalue weighted by Gasteiger charge is 2.00. The lowest BCUT2D eigenvalue weighted by atomic mass is 10.2. The molecule has 0 saturated heterocycles.